The van der Waals surface area contributed by atoms with E-state index >= 15 is 0 Å². The van der Waals surface area contributed by atoms with Gasteiger partial charge in [-0.05, 0) is 12.1 Å². The zero-order valence-electron chi connectivity index (χ0n) is 14.1. The van der Waals surface area contributed by atoms with Crippen molar-refractivity contribution in [1.82, 2.24) is 25.4 Å². The van der Waals surface area contributed by atoms with Crippen molar-refractivity contribution >= 4 is 29.9 Å². The molecule has 0 unspecified atom stereocenters. The van der Waals surface area contributed by atoms with Gasteiger partial charge in [-0.3, -0.25) is 9.67 Å². The fourth-order valence-corrected chi connectivity index (χ4v) is 2.25. The largest absolute Gasteiger partial charge is 0.444 e. The second-order valence-electron chi connectivity index (χ2n) is 5.31. The van der Waals surface area contributed by atoms with Crippen molar-refractivity contribution < 1.29 is 4.42 Å². The van der Waals surface area contributed by atoms with Gasteiger partial charge in [-0.25, -0.2) is 4.98 Å². The van der Waals surface area contributed by atoms with Crippen LogP contribution in [0.1, 0.15) is 11.3 Å². The van der Waals surface area contributed by atoms with Gasteiger partial charge in [0.15, 0.2) is 5.96 Å². The lowest BCUT2D eigenvalue weighted by Gasteiger charge is -2.09. The number of benzene rings is 1. The first-order valence-corrected chi connectivity index (χ1v) is 7.66. The van der Waals surface area contributed by atoms with Crippen LogP contribution in [0.25, 0.3) is 11.5 Å². The van der Waals surface area contributed by atoms with Crippen molar-refractivity contribution in [2.45, 2.75) is 13.1 Å². The summed E-state index contributed by atoms with van der Waals surface area (Å²) in [6, 6.07) is 9.82. The monoisotopic (exact) mass is 452 g/mol. The molecule has 0 atom stereocenters. The molecule has 0 radical (unpaired) electrons. The highest BCUT2D eigenvalue weighted by molar-refractivity contribution is 14.0. The van der Waals surface area contributed by atoms with Crippen LogP contribution in [0.4, 0.5) is 0 Å². The molecular weight excluding hydrogens is 431 g/mol. The SMILES string of the molecule is CN=C(NCc1cnn(C)c1)NCc1coc(-c2ccccc2)n1.I. The molecule has 3 aromatic rings. The fourth-order valence-electron chi connectivity index (χ4n) is 2.25. The smallest absolute Gasteiger partial charge is 0.226 e. The number of halogens is 1. The highest BCUT2D eigenvalue weighted by atomic mass is 127. The molecule has 2 N–H and O–H groups in total. The van der Waals surface area contributed by atoms with Gasteiger partial charge in [0.1, 0.15) is 6.26 Å². The van der Waals surface area contributed by atoms with Crippen molar-refractivity contribution in [3.63, 3.8) is 0 Å². The first-order chi connectivity index (χ1) is 11.7. The Hall–Kier alpha value is -2.36. The van der Waals surface area contributed by atoms with E-state index in [1.54, 1.807) is 18.0 Å². The maximum atomic E-state index is 5.53. The summed E-state index contributed by atoms with van der Waals surface area (Å²) in [4.78, 5) is 8.68. The average Bonchev–Trinajstić information content (AvgIpc) is 3.25. The molecule has 2 heterocycles. The topological polar surface area (TPSA) is 80.3 Å². The molecule has 0 amide bonds. The number of oxazole rings is 1. The van der Waals surface area contributed by atoms with E-state index in [-0.39, 0.29) is 24.0 Å². The predicted octanol–water partition coefficient (Wildman–Crippen LogP) is 2.56. The Morgan fingerprint density at radius 2 is 1.96 bits per heavy atom. The van der Waals surface area contributed by atoms with E-state index in [0.29, 0.717) is 24.9 Å². The lowest BCUT2D eigenvalue weighted by Crippen LogP contribution is -2.36. The second-order valence-corrected chi connectivity index (χ2v) is 5.31. The van der Waals surface area contributed by atoms with Crippen LogP contribution in [0.15, 0.2) is 58.4 Å². The minimum absolute atomic E-state index is 0. The molecule has 0 bridgehead atoms. The number of hydrogen-bond donors (Lipinski definition) is 2. The third-order valence-electron chi connectivity index (χ3n) is 3.45. The van der Waals surface area contributed by atoms with Gasteiger partial charge in [-0.1, -0.05) is 18.2 Å². The number of rotatable bonds is 5. The third-order valence-corrected chi connectivity index (χ3v) is 3.45. The highest BCUT2D eigenvalue weighted by Crippen LogP contribution is 2.17. The normalized spacial score (nSPS) is 11.0. The lowest BCUT2D eigenvalue weighted by molar-refractivity contribution is 0.572. The lowest BCUT2D eigenvalue weighted by atomic mass is 10.2. The molecular formula is C17H21IN6O. The number of nitrogens with zero attached hydrogens (tertiary/aromatic N) is 4. The van der Waals surface area contributed by atoms with Crippen LogP contribution < -0.4 is 10.6 Å². The Bertz CT molecular complexity index is 811. The summed E-state index contributed by atoms with van der Waals surface area (Å²) in [6.07, 6.45) is 5.44. The van der Waals surface area contributed by atoms with E-state index in [1.807, 2.05) is 49.8 Å². The molecule has 0 spiro atoms. The van der Waals surface area contributed by atoms with Gasteiger partial charge < -0.3 is 15.1 Å². The van der Waals surface area contributed by atoms with Crippen LogP contribution in [0, 0.1) is 0 Å². The zero-order valence-corrected chi connectivity index (χ0v) is 16.5. The van der Waals surface area contributed by atoms with E-state index < -0.39 is 0 Å². The van der Waals surface area contributed by atoms with E-state index in [4.69, 9.17) is 4.42 Å². The minimum atomic E-state index is 0. The number of hydrogen-bond acceptors (Lipinski definition) is 4. The summed E-state index contributed by atoms with van der Waals surface area (Å²) in [5.41, 5.74) is 2.87. The number of guanidine groups is 1. The van der Waals surface area contributed by atoms with Crippen molar-refractivity contribution in [3.8, 4) is 11.5 Å². The van der Waals surface area contributed by atoms with Crippen LogP contribution in [0.2, 0.25) is 0 Å². The van der Waals surface area contributed by atoms with Crippen molar-refractivity contribution in [3.05, 3.63) is 60.2 Å². The second kappa shape index (κ2) is 9.21. The maximum Gasteiger partial charge on any atom is 0.226 e. The summed E-state index contributed by atoms with van der Waals surface area (Å²) < 4.78 is 7.30. The Morgan fingerprint density at radius 1 is 1.20 bits per heavy atom. The Morgan fingerprint density at radius 3 is 2.64 bits per heavy atom. The predicted molar refractivity (Wildman–Crippen MR) is 108 cm³/mol. The van der Waals surface area contributed by atoms with Crippen molar-refractivity contribution in [2.75, 3.05) is 7.05 Å². The molecule has 132 valence electrons. The molecule has 7 nitrogen and oxygen atoms in total. The Labute approximate surface area is 163 Å². The van der Waals surface area contributed by atoms with Crippen LogP contribution >= 0.6 is 24.0 Å². The number of aromatic nitrogens is 3. The number of nitrogens with one attached hydrogen (secondary N) is 2. The standard InChI is InChI=1S/C17H20N6O.HI/c1-18-17(19-8-13-9-21-23(2)11-13)20-10-15-12-24-16(22-15)14-6-4-3-5-7-14;/h3-7,9,11-12H,8,10H2,1-2H3,(H2,18,19,20);1H. The van der Waals surface area contributed by atoms with Crippen LogP contribution in [0.5, 0.6) is 0 Å². The summed E-state index contributed by atoms with van der Waals surface area (Å²) >= 11 is 0. The number of aliphatic imine (C=N–C) groups is 1. The van der Waals surface area contributed by atoms with Crippen LogP contribution in [-0.4, -0.2) is 27.8 Å². The van der Waals surface area contributed by atoms with Gasteiger partial charge in [0, 0.05) is 38.0 Å². The van der Waals surface area contributed by atoms with Gasteiger partial charge >= 0.3 is 0 Å². The van der Waals surface area contributed by atoms with Gasteiger partial charge in [-0.15, -0.1) is 24.0 Å². The molecule has 0 fully saturated rings. The Balaban J connectivity index is 0.00000225. The summed E-state index contributed by atoms with van der Waals surface area (Å²) in [7, 11) is 3.63. The molecule has 0 saturated heterocycles. The molecule has 2 aromatic heterocycles. The zero-order chi connectivity index (χ0) is 16.8. The molecule has 3 rings (SSSR count). The molecule has 8 heteroatoms. The molecule has 0 aliphatic heterocycles. The van der Waals surface area contributed by atoms with Gasteiger partial charge in [0.25, 0.3) is 0 Å². The van der Waals surface area contributed by atoms with Crippen molar-refractivity contribution in [1.29, 1.82) is 0 Å². The Kier molecular flexibility index (Phi) is 6.99. The average molecular weight is 452 g/mol. The quantitative estimate of drug-likeness (QED) is 0.354. The van der Waals surface area contributed by atoms with E-state index in [2.05, 4.69) is 25.7 Å². The summed E-state index contributed by atoms with van der Waals surface area (Å²) in [5.74, 6) is 1.31. The molecule has 1 aromatic carbocycles. The van der Waals surface area contributed by atoms with E-state index in [0.717, 1.165) is 16.8 Å². The first-order valence-electron chi connectivity index (χ1n) is 7.66. The van der Waals surface area contributed by atoms with Crippen LogP contribution in [0.3, 0.4) is 0 Å². The van der Waals surface area contributed by atoms with Crippen molar-refractivity contribution in [2.24, 2.45) is 12.0 Å². The minimum Gasteiger partial charge on any atom is -0.444 e. The van der Waals surface area contributed by atoms with E-state index in [9.17, 15) is 0 Å². The number of aryl methyl sites for hydroxylation is 1. The molecule has 0 saturated carbocycles. The maximum absolute atomic E-state index is 5.53. The molecule has 0 aliphatic carbocycles. The first kappa shape index (κ1) is 19.0. The van der Waals surface area contributed by atoms with Crippen LogP contribution in [-0.2, 0) is 20.1 Å². The van der Waals surface area contributed by atoms with Gasteiger partial charge in [0.05, 0.1) is 18.4 Å². The summed E-state index contributed by atoms with van der Waals surface area (Å²) in [6.45, 7) is 1.19. The molecule has 0 aliphatic rings. The van der Waals surface area contributed by atoms with Gasteiger partial charge in [0.2, 0.25) is 5.89 Å². The fraction of sp³-hybridized carbons (Fsp3) is 0.235. The van der Waals surface area contributed by atoms with E-state index in [1.165, 1.54) is 0 Å². The summed E-state index contributed by atoms with van der Waals surface area (Å²) in [5, 5.41) is 10.6. The van der Waals surface area contributed by atoms with Gasteiger partial charge in [-0.2, -0.15) is 5.10 Å². The molecule has 25 heavy (non-hydrogen) atoms. The third kappa shape index (κ3) is 5.31. The highest BCUT2D eigenvalue weighted by Gasteiger charge is 2.07.